The number of hydrogen-bond donors (Lipinski definition) is 1. The fourth-order valence-corrected chi connectivity index (χ4v) is 5.42. The molecule has 5 heterocycles. The van der Waals surface area contributed by atoms with Crippen molar-refractivity contribution in [2.24, 2.45) is 5.73 Å². The van der Waals surface area contributed by atoms with Crippen LogP contribution in [-0.4, -0.2) is 30.2 Å². The van der Waals surface area contributed by atoms with Crippen LogP contribution in [0.4, 0.5) is 0 Å². The molecule has 0 fully saturated rings. The Kier molecular flexibility index (Phi) is 5.27. The highest BCUT2D eigenvalue weighted by molar-refractivity contribution is 8.15. The van der Waals surface area contributed by atoms with Crippen LogP contribution in [0.5, 0.6) is 0 Å². The minimum absolute atomic E-state index is 0.0431. The summed E-state index contributed by atoms with van der Waals surface area (Å²) in [5.74, 6) is 0. The van der Waals surface area contributed by atoms with Gasteiger partial charge in [0.05, 0.1) is 22.5 Å². The molecule has 0 radical (unpaired) electrons. The zero-order chi connectivity index (χ0) is 24.4. The van der Waals surface area contributed by atoms with E-state index in [1.165, 1.54) is 0 Å². The molecule has 2 aliphatic rings. The lowest BCUT2D eigenvalue weighted by molar-refractivity contribution is -0.106. The standard InChI is InChI=1S/C25H23N5O2S2/c1-24(2,3)12-6-8-14(27-10-12)16-18-20(33-22(16)31)30-19-17(23(32)34-21(19)29-18)15-9-7-13(11-28-15)25(4,5)26/h6-11H,26H2,1-5H3. The van der Waals surface area contributed by atoms with Gasteiger partial charge in [-0.1, -0.05) is 32.9 Å². The molecule has 9 heteroatoms. The van der Waals surface area contributed by atoms with E-state index >= 15 is 0 Å². The molecule has 0 spiro atoms. The molecule has 0 bridgehead atoms. The van der Waals surface area contributed by atoms with Gasteiger partial charge in [0.2, 0.25) is 10.2 Å². The number of aromatic nitrogens is 4. The van der Waals surface area contributed by atoms with E-state index in [1.807, 2.05) is 32.0 Å². The van der Waals surface area contributed by atoms with E-state index in [-0.39, 0.29) is 15.6 Å². The quantitative estimate of drug-likeness (QED) is 0.593. The number of nitrogens with two attached hydrogens (primary N) is 1. The summed E-state index contributed by atoms with van der Waals surface area (Å²) in [7, 11) is 0. The highest BCUT2D eigenvalue weighted by Crippen LogP contribution is 2.32. The topological polar surface area (TPSA) is 112 Å². The Bertz CT molecular complexity index is 1370. The van der Waals surface area contributed by atoms with Gasteiger partial charge in [0.25, 0.3) is 0 Å². The van der Waals surface area contributed by atoms with Crippen molar-refractivity contribution in [3.05, 3.63) is 69.9 Å². The Morgan fingerprint density at radius 1 is 0.706 bits per heavy atom. The van der Waals surface area contributed by atoms with E-state index in [4.69, 9.17) is 5.73 Å². The molecular formula is C25H23N5O2S2. The van der Waals surface area contributed by atoms with Crippen LogP contribution in [0.3, 0.4) is 0 Å². The van der Waals surface area contributed by atoms with E-state index in [0.29, 0.717) is 43.3 Å². The molecule has 2 aliphatic heterocycles. The van der Waals surface area contributed by atoms with E-state index < -0.39 is 5.54 Å². The second-order valence-corrected chi connectivity index (χ2v) is 11.8. The monoisotopic (exact) mass is 489 g/mol. The largest absolute Gasteiger partial charge is 0.322 e. The normalized spacial score (nSPS) is 15.7. The van der Waals surface area contributed by atoms with Crippen molar-refractivity contribution in [3.8, 4) is 0 Å². The molecule has 7 nitrogen and oxygen atoms in total. The van der Waals surface area contributed by atoms with Crippen molar-refractivity contribution in [3.63, 3.8) is 0 Å². The Balaban J connectivity index is 1.65. The van der Waals surface area contributed by atoms with Crippen molar-refractivity contribution in [2.45, 2.75) is 55.6 Å². The minimum Gasteiger partial charge on any atom is -0.322 e. The number of hydrogen-bond acceptors (Lipinski definition) is 9. The summed E-state index contributed by atoms with van der Waals surface area (Å²) in [6, 6.07) is 7.47. The van der Waals surface area contributed by atoms with Crippen LogP contribution in [-0.2, 0) is 20.5 Å². The fraction of sp³-hybridized carbons (Fsp3) is 0.280. The molecule has 172 valence electrons. The van der Waals surface area contributed by atoms with Crippen molar-refractivity contribution in [2.75, 3.05) is 0 Å². The molecule has 2 N–H and O–H groups in total. The highest BCUT2D eigenvalue weighted by Gasteiger charge is 2.33. The van der Waals surface area contributed by atoms with Gasteiger partial charge in [-0.25, -0.2) is 9.97 Å². The summed E-state index contributed by atoms with van der Waals surface area (Å²) in [6.45, 7) is 10.1. The minimum atomic E-state index is -0.536. The zero-order valence-corrected chi connectivity index (χ0v) is 21.1. The summed E-state index contributed by atoms with van der Waals surface area (Å²) < 4.78 is 0. The summed E-state index contributed by atoms with van der Waals surface area (Å²) in [5.41, 5.74) is 9.39. The van der Waals surface area contributed by atoms with E-state index in [1.54, 1.807) is 18.5 Å². The van der Waals surface area contributed by atoms with Crippen LogP contribution in [0.15, 0.2) is 46.7 Å². The van der Waals surface area contributed by atoms with Crippen LogP contribution < -0.4 is 16.4 Å². The molecular weight excluding hydrogens is 466 g/mol. The van der Waals surface area contributed by atoms with E-state index in [0.717, 1.165) is 34.7 Å². The molecule has 0 aromatic carbocycles. The predicted molar refractivity (Wildman–Crippen MR) is 132 cm³/mol. The number of rotatable bonds is 3. The molecule has 0 atom stereocenters. The maximum atomic E-state index is 12.9. The van der Waals surface area contributed by atoms with Gasteiger partial charge in [-0.3, -0.25) is 19.6 Å². The molecule has 0 saturated carbocycles. The lowest BCUT2D eigenvalue weighted by Gasteiger charge is -2.18. The summed E-state index contributed by atoms with van der Waals surface area (Å²) >= 11 is 2.02. The van der Waals surface area contributed by atoms with Crippen LogP contribution in [0, 0.1) is 0 Å². The SMILES string of the molecule is CC(C)(C)c1ccc(C2=c3nc4c(nc3SC2=O)=C(c2ccc(C(C)(C)N)cn2)C(=O)S4)nc1. The highest BCUT2D eigenvalue weighted by atomic mass is 32.2. The first kappa shape index (κ1) is 22.9. The fourth-order valence-electron chi connectivity index (χ4n) is 3.70. The summed E-state index contributed by atoms with van der Waals surface area (Å²) in [5, 5.41) is 1.56. The van der Waals surface area contributed by atoms with Gasteiger partial charge in [-0.2, -0.15) is 0 Å². The van der Waals surface area contributed by atoms with Gasteiger partial charge >= 0.3 is 0 Å². The van der Waals surface area contributed by atoms with Gasteiger partial charge < -0.3 is 5.73 Å². The second-order valence-electron chi connectivity index (χ2n) is 9.90. The third kappa shape index (κ3) is 3.87. The van der Waals surface area contributed by atoms with Crippen LogP contribution in [0.25, 0.3) is 11.1 Å². The smallest absolute Gasteiger partial charge is 0.230 e. The van der Waals surface area contributed by atoms with Gasteiger partial charge in [0, 0.05) is 17.9 Å². The Labute approximate surface area is 205 Å². The molecule has 5 rings (SSSR count). The van der Waals surface area contributed by atoms with Crippen LogP contribution in [0.2, 0.25) is 0 Å². The number of pyridine rings is 2. The second kappa shape index (κ2) is 7.83. The maximum absolute atomic E-state index is 12.9. The Hall–Kier alpha value is -2.88. The average molecular weight is 490 g/mol. The van der Waals surface area contributed by atoms with Crippen LogP contribution >= 0.6 is 23.5 Å². The molecule has 0 unspecified atom stereocenters. The molecule has 0 saturated heterocycles. The molecule has 34 heavy (non-hydrogen) atoms. The van der Waals surface area contributed by atoms with Crippen molar-refractivity contribution in [1.29, 1.82) is 0 Å². The zero-order valence-electron chi connectivity index (χ0n) is 19.5. The van der Waals surface area contributed by atoms with Crippen molar-refractivity contribution < 1.29 is 9.59 Å². The Morgan fingerprint density at radius 2 is 1.15 bits per heavy atom. The third-order valence-electron chi connectivity index (χ3n) is 5.74. The van der Waals surface area contributed by atoms with Crippen molar-refractivity contribution in [1.82, 2.24) is 19.9 Å². The molecule has 3 aromatic heterocycles. The summed E-state index contributed by atoms with van der Waals surface area (Å²) in [4.78, 5) is 44.1. The first-order valence-electron chi connectivity index (χ1n) is 10.8. The molecule has 0 amide bonds. The first-order chi connectivity index (χ1) is 15.9. The molecule has 0 aliphatic carbocycles. The van der Waals surface area contributed by atoms with Gasteiger partial charge in [-0.15, -0.1) is 0 Å². The maximum Gasteiger partial charge on any atom is 0.230 e. The third-order valence-corrected chi connectivity index (χ3v) is 7.48. The average Bonchev–Trinajstić information content (AvgIpc) is 3.25. The van der Waals surface area contributed by atoms with Gasteiger partial charge in [0.15, 0.2) is 0 Å². The lowest BCUT2D eigenvalue weighted by atomic mass is 9.88. The van der Waals surface area contributed by atoms with E-state index in [2.05, 4.69) is 40.7 Å². The van der Waals surface area contributed by atoms with Crippen LogP contribution in [0.1, 0.15) is 57.1 Å². The summed E-state index contributed by atoms with van der Waals surface area (Å²) in [6.07, 6.45) is 3.47. The Morgan fingerprint density at radius 3 is 1.50 bits per heavy atom. The number of carbonyl (C=O) groups excluding carboxylic acids is 2. The first-order valence-corrected chi connectivity index (χ1v) is 12.4. The molecule has 3 aromatic rings. The van der Waals surface area contributed by atoms with Crippen molar-refractivity contribution >= 4 is 44.9 Å². The predicted octanol–water partition coefficient (Wildman–Crippen LogP) is 2.42. The van der Waals surface area contributed by atoms with E-state index in [9.17, 15) is 9.59 Å². The number of thioether (sulfide) groups is 2. The van der Waals surface area contributed by atoms with Gasteiger partial charge in [0.1, 0.15) is 20.8 Å². The lowest BCUT2D eigenvalue weighted by Crippen LogP contribution is -2.28. The number of fused-ring (bicyclic) bond motifs is 2. The number of nitrogens with zero attached hydrogens (tertiary/aromatic N) is 4. The number of carbonyl (C=O) groups is 2. The van der Waals surface area contributed by atoms with Gasteiger partial charge in [-0.05, 0) is 66.0 Å².